The van der Waals surface area contributed by atoms with Gasteiger partial charge in [0.05, 0.1) is 42.0 Å². The molecule has 0 aliphatic carbocycles. The lowest BCUT2D eigenvalue weighted by Gasteiger charge is -2.32. The molecule has 0 bridgehead atoms. The first-order chi connectivity index (χ1) is 19.8. The van der Waals surface area contributed by atoms with E-state index >= 15 is 0 Å². The number of aromatic nitrogens is 4. The maximum atomic E-state index is 14.5. The Hall–Kier alpha value is -3.67. The highest BCUT2D eigenvalue weighted by Gasteiger charge is 2.26. The van der Waals surface area contributed by atoms with Crippen molar-refractivity contribution in [2.75, 3.05) is 19.7 Å². The summed E-state index contributed by atoms with van der Waals surface area (Å²) in [5.41, 5.74) is 2.08. The van der Waals surface area contributed by atoms with Crippen LogP contribution in [0.5, 0.6) is 5.88 Å². The number of piperidine rings is 1. The van der Waals surface area contributed by atoms with Gasteiger partial charge < -0.3 is 19.1 Å². The van der Waals surface area contributed by atoms with E-state index in [2.05, 4.69) is 19.4 Å². The molecule has 41 heavy (non-hydrogen) atoms. The average Bonchev–Trinajstić information content (AvgIpc) is 3.26. The molecule has 4 heterocycles. The molecule has 12 heteroatoms. The zero-order valence-corrected chi connectivity index (χ0v) is 22.9. The van der Waals surface area contributed by atoms with Crippen molar-refractivity contribution in [1.29, 1.82) is 0 Å². The van der Waals surface area contributed by atoms with E-state index < -0.39 is 17.6 Å². The molecule has 2 fully saturated rings. The minimum Gasteiger partial charge on any atom is -0.478 e. The van der Waals surface area contributed by atoms with Crippen molar-refractivity contribution in [2.45, 2.75) is 51.0 Å². The molecule has 0 spiro atoms. The Balaban J connectivity index is 1.11. The van der Waals surface area contributed by atoms with Gasteiger partial charge in [-0.25, -0.2) is 19.2 Å². The molecule has 1 N–H and O–H groups in total. The number of imidazole rings is 1. The quantitative estimate of drug-likeness (QED) is 0.297. The van der Waals surface area contributed by atoms with Crippen molar-refractivity contribution in [3.8, 4) is 5.88 Å². The first-order valence-electron chi connectivity index (χ1n) is 13.5. The maximum absolute atomic E-state index is 14.5. The van der Waals surface area contributed by atoms with E-state index in [0.29, 0.717) is 55.1 Å². The Morgan fingerprint density at radius 3 is 2.61 bits per heavy atom. The van der Waals surface area contributed by atoms with Gasteiger partial charge in [-0.1, -0.05) is 17.7 Å². The molecule has 2 saturated heterocycles. The molecule has 2 aliphatic rings. The molecule has 1 atom stereocenters. The fraction of sp³-hybridized carbons (Fsp3) is 0.379. The second-order valence-corrected chi connectivity index (χ2v) is 10.8. The Labute approximate surface area is 239 Å². The topological polar surface area (TPSA) is 103 Å². The molecule has 214 valence electrons. The Morgan fingerprint density at radius 1 is 1.10 bits per heavy atom. The van der Waals surface area contributed by atoms with Gasteiger partial charge in [0.15, 0.2) is 0 Å². The molecule has 6 rings (SSSR count). The number of carboxylic acids is 1. The largest absolute Gasteiger partial charge is 0.478 e. The summed E-state index contributed by atoms with van der Waals surface area (Å²) in [6, 6.07) is 9.36. The molecular formula is C29H28ClF2N5O4. The number of likely N-dealkylation sites (tertiary alicyclic amines) is 1. The van der Waals surface area contributed by atoms with E-state index in [0.717, 1.165) is 30.6 Å². The van der Waals surface area contributed by atoms with Crippen molar-refractivity contribution in [3.05, 3.63) is 82.0 Å². The van der Waals surface area contributed by atoms with Crippen LogP contribution in [0.2, 0.25) is 5.02 Å². The first-order valence-corrected chi connectivity index (χ1v) is 13.9. The average molecular weight is 584 g/mol. The van der Waals surface area contributed by atoms with Gasteiger partial charge in [-0.3, -0.25) is 4.90 Å². The fourth-order valence-corrected chi connectivity index (χ4v) is 5.36. The minimum absolute atomic E-state index is 0.0823. The van der Waals surface area contributed by atoms with Crippen LogP contribution in [0.3, 0.4) is 0 Å². The van der Waals surface area contributed by atoms with Crippen LogP contribution in [0, 0.1) is 11.6 Å². The van der Waals surface area contributed by atoms with Crippen LogP contribution >= 0.6 is 11.6 Å². The summed E-state index contributed by atoms with van der Waals surface area (Å²) in [5.74, 6) is -1.17. The third-order valence-corrected chi connectivity index (χ3v) is 7.79. The van der Waals surface area contributed by atoms with Crippen molar-refractivity contribution in [3.63, 3.8) is 0 Å². The van der Waals surface area contributed by atoms with Gasteiger partial charge in [0, 0.05) is 31.1 Å². The van der Waals surface area contributed by atoms with Gasteiger partial charge in [0.1, 0.15) is 23.6 Å². The molecule has 0 saturated carbocycles. The lowest BCUT2D eigenvalue weighted by atomic mass is 10.1. The van der Waals surface area contributed by atoms with E-state index in [1.54, 1.807) is 30.3 Å². The maximum Gasteiger partial charge on any atom is 0.335 e. The number of rotatable bonds is 9. The van der Waals surface area contributed by atoms with Crippen LogP contribution in [-0.2, 0) is 24.2 Å². The zero-order chi connectivity index (χ0) is 28.5. The van der Waals surface area contributed by atoms with Gasteiger partial charge in [0.25, 0.3) is 5.88 Å². The van der Waals surface area contributed by atoms with Gasteiger partial charge in [-0.15, -0.1) is 0 Å². The molecule has 4 aromatic rings. The van der Waals surface area contributed by atoms with E-state index in [1.807, 2.05) is 0 Å². The number of fused-ring (bicyclic) bond motifs is 1. The van der Waals surface area contributed by atoms with E-state index in [4.69, 9.17) is 26.1 Å². The number of hydrogen-bond donors (Lipinski definition) is 1. The highest BCUT2D eigenvalue weighted by atomic mass is 35.5. The van der Waals surface area contributed by atoms with E-state index in [1.165, 1.54) is 6.07 Å². The van der Waals surface area contributed by atoms with Crippen LogP contribution in [0.4, 0.5) is 8.78 Å². The van der Waals surface area contributed by atoms with Gasteiger partial charge in [0.2, 0.25) is 5.82 Å². The monoisotopic (exact) mass is 583 g/mol. The molecule has 1 unspecified atom stereocenters. The Morgan fingerprint density at radius 2 is 1.90 bits per heavy atom. The molecule has 0 radical (unpaired) electrons. The van der Waals surface area contributed by atoms with Crippen molar-refractivity contribution in [2.24, 2.45) is 0 Å². The standard InChI is InChI=1S/C29H28ClF2N5O4/c30-19-3-1-17(22(31)13-19)12-26-33-14-23(32)28(35-26)41-20-5-8-36(9-6-20)16-27-34-24-11-18(29(38)39)2-4-25(24)37(27)15-21-7-10-40-21/h1-4,11,13-14,20-21H,5-10,12,15-16H2,(H,38,39). The molecule has 2 aromatic carbocycles. The summed E-state index contributed by atoms with van der Waals surface area (Å²) in [6.07, 6.45) is 3.29. The SMILES string of the molecule is O=C(O)c1ccc2c(c1)nc(CN1CCC(Oc3nc(Cc4ccc(Cl)cc4F)ncc3F)CC1)n2CC1CCO1. The van der Waals surface area contributed by atoms with Crippen molar-refractivity contribution < 1.29 is 28.2 Å². The fourth-order valence-electron chi connectivity index (χ4n) is 5.20. The Bertz CT molecular complexity index is 1590. The Kier molecular flexibility index (Phi) is 7.83. The summed E-state index contributed by atoms with van der Waals surface area (Å²) in [6.45, 7) is 3.38. The number of aromatic carboxylic acids is 1. The zero-order valence-electron chi connectivity index (χ0n) is 22.1. The van der Waals surface area contributed by atoms with Crippen LogP contribution in [0.15, 0.2) is 42.6 Å². The normalized spacial score (nSPS) is 18.0. The lowest BCUT2D eigenvalue weighted by molar-refractivity contribution is -0.0592. The molecule has 2 aromatic heterocycles. The highest BCUT2D eigenvalue weighted by Crippen LogP contribution is 2.26. The number of carboxylic acid groups (broad SMARTS) is 1. The van der Waals surface area contributed by atoms with Crippen LogP contribution < -0.4 is 4.74 Å². The predicted octanol–water partition coefficient (Wildman–Crippen LogP) is 4.88. The minimum atomic E-state index is -0.989. The third-order valence-electron chi connectivity index (χ3n) is 7.56. The third kappa shape index (κ3) is 6.17. The number of benzene rings is 2. The summed E-state index contributed by atoms with van der Waals surface area (Å²) < 4.78 is 42.4. The highest BCUT2D eigenvalue weighted by molar-refractivity contribution is 6.30. The second-order valence-electron chi connectivity index (χ2n) is 10.4. The van der Waals surface area contributed by atoms with Gasteiger partial charge in [-0.2, -0.15) is 9.37 Å². The molecule has 9 nitrogen and oxygen atoms in total. The molecule has 2 aliphatic heterocycles. The number of ether oxygens (including phenoxy) is 2. The summed E-state index contributed by atoms with van der Waals surface area (Å²) in [7, 11) is 0. The lowest BCUT2D eigenvalue weighted by Crippen LogP contribution is -2.39. The number of hydrogen-bond acceptors (Lipinski definition) is 7. The first kappa shape index (κ1) is 27.5. The number of carbonyl (C=O) groups is 1. The number of nitrogens with zero attached hydrogens (tertiary/aromatic N) is 5. The second kappa shape index (κ2) is 11.7. The number of halogens is 3. The summed E-state index contributed by atoms with van der Waals surface area (Å²) in [4.78, 5) is 26.7. The predicted molar refractivity (Wildman–Crippen MR) is 146 cm³/mol. The van der Waals surface area contributed by atoms with Gasteiger partial charge in [-0.05, 0) is 55.2 Å². The van der Waals surface area contributed by atoms with Crippen LogP contribution in [0.1, 0.15) is 46.8 Å². The van der Waals surface area contributed by atoms with Crippen molar-refractivity contribution in [1.82, 2.24) is 24.4 Å². The van der Waals surface area contributed by atoms with E-state index in [9.17, 15) is 18.7 Å². The summed E-state index contributed by atoms with van der Waals surface area (Å²) in [5, 5.41) is 9.69. The smallest absolute Gasteiger partial charge is 0.335 e. The molecule has 0 amide bonds. The summed E-state index contributed by atoms with van der Waals surface area (Å²) >= 11 is 5.83. The van der Waals surface area contributed by atoms with Crippen molar-refractivity contribution >= 4 is 28.6 Å². The van der Waals surface area contributed by atoms with E-state index in [-0.39, 0.29) is 35.9 Å². The molecular weight excluding hydrogens is 556 g/mol. The van der Waals surface area contributed by atoms with Crippen LogP contribution in [0.25, 0.3) is 11.0 Å². The van der Waals surface area contributed by atoms with Crippen LogP contribution in [-0.4, -0.2) is 67.4 Å². The van der Waals surface area contributed by atoms with Gasteiger partial charge >= 0.3 is 5.97 Å².